The number of hydrogen-bond acceptors (Lipinski definition) is 2. The zero-order valence-corrected chi connectivity index (χ0v) is 16.1. The lowest BCUT2D eigenvalue weighted by atomic mass is 9.78. The molecule has 0 amide bonds. The molecule has 1 aliphatic carbocycles. The van der Waals surface area contributed by atoms with Crippen molar-refractivity contribution in [3.63, 3.8) is 0 Å². The highest BCUT2D eigenvalue weighted by Gasteiger charge is 2.42. The molecular weight excluding hydrogens is 304 g/mol. The van der Waals surface area contributed by atoms with E-state index in [1.165, 1.54) is 83.1 Å². The number of piperazine rings is 1. The molecule has 0 unspecified atom stereocenters. The average molecular weight is 341 g/mol. The van der Waals surface area contributed by atoms with Gasteiger partial charge in [0.1, 0.15) is 0 Å². The fourth-order valence-electron chi connectivity index (χ4n) is 5.82. The van der Waals surface area contributed by atoms with Gasteiger partial charge in [0.2, 0.25) is 0 Å². The van der Waals surface area contributed by atoms with Gasteiger partial charge in [-0.1, -0.05) is 56.5 Å². The van der Waals surface area contributed by atoms with E-state index in [1.807, 2.05) is 0 Å². The van der Waals surface area contributed by atoms with E-state index in [2.05, 4.69) is 47.1 Å². The zero-order valence-electron chi connectivity index (χ0n) is 16.1. The summed E-state index contributed by atoms with van der Waals surface area (Å²) < 4.78 is 0. The van der Waals surface area contributed by atoms with Crippen molar-refractivity contribution in [3.05, 3.63) is 35.9 Å². The maximum Gasteiger partial charge on any atom is 0.0280 e. The van der Waals surface area contributed by atoms with Crippen LogP contribution in [0.3, 0.4) is 0 Å². The third-order valence-corrected chi connectivity index (χ3v) is 7.26. The van der Waals surface area contributed by atoms with Crippen LogP contribution in [0.2, 0.25) is 0 Å². The summed E-state index contributed by atoms with van der Waals surface area (Å²) >= 11 is 0. The van der Waals surface area contributed by atoms with Crippen molar-refractivity contribution in [2.24, 2.45) is 5.92 Å². The quantitative estimate of drug-likeness (QED) is 0.751. The van der Waals surface area contributed by atoms with Gasteiger partial charge >= 0.3 is 0 Å². The van der Waals surface area contributed by atoms with Crippen LogP contribution < -0.4 is 0 Å². The standard InChI is InChI=1S/C23H36N2/c1-19(20-9-4-2-5-10-20)14-16-25-18-17-24-15-8-13-22(24)23(25)21-11-6-3-7-12-21/h2,4-5,9-10,19,21-23H,3,6-8,11-18H2,1H3/t19-,22-,23+/m1/s1. The summed E-state index contributed by atoms with van der Waals surface area (Å²) in [7, 11) is 0. The Kier molecular flexibility index (Phi) is 5.77. The number of benzene rings is 1. The highest BCUT2D eigenvalue weighted by atomic mass is 15.3. The van der Waals surface area contributed by atoms with Crippen LogP contribution in [0.1, 0.15) is 69.8 Å². The van der Waals surface area contributed by atoms with E-state index < -0.39 is 0 Å². The van der Waals surface area contributed by atoms with Crippen LogP contribution in [0.25, 0.3) is 0 Å². The summed E-state index contributed by atoms with van der Waals surface area (Å²) in [5.41, 5.74) is 1.51. The molecule has 2 saturated heterocycles. The van der Waals surface area contributed by atoms with Crippen molar-refractivity contribution in [1.29, 1.82) is 0 Å². The number of fused-ring (bicyclic) bond motifs is 1. The second-order valence-electron chi connectivity index (χ2n) is 8.77. The van der Waals surface area contributed by atoms with E-state index in [1.54, 1.807) is 0 Å². The first-order valence-corrected chi connectivity index (χ1v) is 10.9. The molecule has 0 radical (unpaired) electrons. The molecule has 1 aromatic carbocycles. The van der Waals surface area contributed by atoms with Crippen molar-refractivity contribution in [2.75, 3.05) is 26.2 Å². The summed E-state index contributed by atoms with van der Waals surface area (Å²) in [4.78, 5) is 5.75. The largest absolute Gasteiger partial charge is 0.298 e. The van der Waals surface area contributed by atoms with Gasteiger partial charge in [-0.05, 0) is 62.6 Å². The van der Waals surface area contributed by atoms with Crippen LogP contribution in [0.4, 0.5) is 0 Å². The first kappa shape index (κ1) is 17.5. The first-order valence-electron chi connectivity index (χ1n) is 10.9. The molecule has 2 nitrogen and oxygen atoms in total. The molecule has 0 aromatic heterocycles. The van der Waals surface area contributed by atoms with Gasteiger partial charge in [0.05, 0.1) is 0 Å². The van der Waals surface area contributed by atoms with Gasteiger partial charge in [0.25, 0.3) is 0 Å². The van der Waals surface area contributed by atoms with Crippen LogP contribution in [0.15, 0.2) is 30.3 Å². The van der Waals surface area contributed by atoms with Crippen LogP contribution >= 0.6 is 0 Å². The Morgan fingerprint density at radius 2 is 1.72 bits per heavy atom. The second kappa shape index (κ2) is 8.22. The third kappa shape index (κ3) is 3.95. The highest BCUT2D eigenvalue weighted by Crippen LogP contribution is 2.37. The maximum absolute atomic E-state index is 2.92. The minimum atomic E-state index is 0.676. The first-order chi connectivity index (χ1) is 12.3. The molecule has 0 spiro atoms. The molecule has 1 saturated carbocycles. The van der Waals surface area contributed by atoms with E-state index in [-0.39, 0.29) is 0 Å². The Balaban J connectivity index is 1.42. The van der Waals surface area contributed by atoms with Gasteiger partial charge in [-0.3, -0.25) is 9.80 Å². The molecule has 2 heterocycles. The molecule has 3 aliphatic rings. The SMILES string of the molecule is C[C@H](CCN1CCN2CCC[C@@H]2[C@@H]1C1CCCCC1)c1ccccc1. The zero-order chi connectivity index (χ0) is 17.1. The van der Waals surface area contributed by atoms with E-state index in [9.17, 15) is 0 Å². The van der Waals surface area contributed by atoms with Gasteiger partial charge in [-0.15, -0.1) is 0 Å². The van der Waals surface area contributed by atoms with Gasteiger partial charge in [0.15, 0.2) is 0 Å². The lowest BCUT2D eigenvalue weighted by molar-refractivity contribution is -0.0000914. The number of nitrogens with zero attached hydrogens (tertiary/aromatic N) is 2. The lowest BCUT2D eigenvalue weighted by Crippen LogP contribution is -2.60. The lowest BCUT2D eigenvalue weighted by Gasteiger charge is -2.49. The summed E-state index contributed by atoms with van der Waals surface area (Å²) in [6.45, 7) is 7.69. The minimum Gasteiger partial charge on any atom is -0.298 e. The molecule has 0 bridgehead atoms. The van der Waals surface area contributed by atoms with Gasteiger partial charge < -0.3 is 0 Å². The Hall–Kier alpha value is -0.860. The van der Waals surface area contributed by atoms with E-state index in [0.29, 0.717) is 5.92 Å². The second-order valence-corrected chi connectivity index (χ2v) is 8.77. The molecule has 0 N–H and O–H groups in total. The molecule has 25 heavy (non-hydrogen) atoms. The summed E-state index contributed by atoms with van der Waals surface area (Å²) in [6.07, 6.45) is 11.6. The molecule has 3 atom stereocenters. The van der Waals surface area contributed by atoms with Crippen molar-refractivity contribution in [3.8, 4) is 0 Å². The molecular formula is C23H36N2. The molecule has 3 fully saturated rings. The Bertz CT molecular complexity index is 522. The van der Waals surface area contributed by atoms with Crippen LogP contribution in [0, 0.1) is 5.92 Å². The van der Waals surface area contributed by atoms with E-state index in [0.717, 1.165) is 18.0 Å². The average Bonchev–Trinajstić information content (AvgIpc) is 3.15. The topological polar surface area (TPSA) is 6.48 Å². The van der Waals surface area contributed by atoms with Crippen molar-refractivity contribution >= 4 is 0 Å². The maximum atomic E-state index is 2.92. The predicted molar refractivity (Wildman–Crippen MR) is 106 cm³/mol. The summed E-state index contributed by atoms with van der Waals surface area (Å²) in [6, 6.07) is 12.8. The molecule has 4 rings (SSSR count). The van der Waals surface area contributed by atoms with Crippen molar-refractivity contribution in [2.45, 2.75) is 76.3 Å². The van der Waals surface area contributed by atoms with Gasteiger partial charge in [-0.2, -0.15) is 0 Å². The molecule has 2 aliphatic heterocycles. The van der Waals surface area contributed by atoms with Gasteiger partial charge in [-0.25, -0.2) is 0 Å². The van der Waals surface area contributed by atoms with E-state index in [4.69, 9.17) is 0 Å². The predicted octanol–water partition coefficient (Wildman–Crippen LogP) is 4.91. The number of hydrogen-bond donors (Lipinski definition) is 0. The monoisotopic (exact) mass is 340 g/mol. The van der Waals surface area contributed by atoms with Crippen molar-refractivity contribution < 1.29 is 0 Å². The number of rotatable bonds is 5. The van der Waals surface area contributed by atoms with Crippen molar-refractivity contribution in [1.82, 2.24) is 9.80 Å². The highest BCUT2D eigenvalue weighted by molar-refractivity contribution is 5.18. The smallest absolute Gasteiger partial charge is 0.0280 e. The van der Waals surface area contributed by atoms with Gasteiger partial charge in [0, 0.05) is 25.2 Å². The minimum absolute atomic E-state index is 0.676. The van der Waals surface area contributed by atoms with E-state index >= 15 is 0 Å². The summed E-state index contributed by atoms with van der Waals surface area (Å²) in [5, 5.41) is 0. The third-order valence-electron chi connectivity index (χ3n) is 7.26. The van der Waals surface area contributed by atoms with Crippen LogP contribution in [0.5, 0.6) is 0 Å². The molecule has 2 heteroatoms. The normalized spacial score (nSPS) is 30.3. The summed E-state index contributed by atoms with van der Waals surface area (Å²) in [5.74, 6) is 1.64. The molecule has 138 valence electrons. The van der Waals surface area contributed by atoms with Crippen LogP contribution in [-0.2, 0) is 0 Å². The fourth-order valence-corrected chi connectivity index (χ4v) is 5.82. The van der Waals surface area contributed by atoms with Crippen LogP contribution in [-0.4, -0.2) is 48.1 Å². The Labute approximate surface area is 154 Å². The Morgan fingerprint density at radius 3 is 2.52 bits per heavy atom. The Morgan fingerprint density at radius 1 is 0.920 bits per heavy atom. The fraction of sp³-hybridized carbons (Fsp3) is 0.739. The molecule has 1 aromatic rings.